The number of ether oxygens (including phenoxy) is 2. The van der Waals surface area contributed by atoms with Gasteiger partial charge in [0, 0.05) is 19.6 Å². The van der Waals surface area contributed by atoms with Crippen LogP contribution in [0, 0.1) is 5.92 Å². The van der Waals surface area contributed by atoms with Crippen LogP contribution in [0.2, 0.25) is 0 Å². The number of morpholine rings is 1. The first-order valence-electron chi connectivity index (χ1n) is 10.1. The standard InChI is InChI=1S/C23H27NO4/c25-16-18-14-20-22(15-18)28-13-11-24(20)23(26)19-8-4-5-9-21(19)27-12-10-17-6-2-1-3-7-17/h1-9,18,20,22,25H,10-16H2/t18-,20+,22+/m1/s1. The molecule has 1 N–H and O–H groups in total. The molecule has 0 unspecified atom stereocenters. The predicted molar refractivity (Wildman–Crippen MR) is 106 cm³/mol. The zero-order valence-corrected chi connectivity index (χ0v) is 16.0. The van der Waals surface area contributed by atoms with Crippen molar-refractivity contribution in [2.75, 3.05) is 26.4 Å². The van der Waals surface area contributed by atoms with Crippen LogP contribution in [0.5, 0.6) is 5.75 Å². The number of nitrogens with zero attached hydrogens (tertiary/aromatic N) is 1. The number of carbonyl (C=O) groups excluding carboxylic acids is 1. The smallest absolute Gasteiger partial charge is 0.258 e. The molecule has 148 valence electrons. The van der Waals surface area contributed by atoms with Gasteiger partial charge < -0.3 is 19.5 Å². The van der Waals surface area contributed by atoms with Gasteiger partial charge in [-0.3, -0.25) is 4.79 Å². The van der Waals surface area contributed by atoms with Crippen molar-refractivity contribution in [2.24, 2.45) is 5.92 Å². The minimum atomic E-state index is -0.00722. The molecule has 3 atom stereocenters. The zero-order valence-electron chi connectivity index (χ0n) is 16.0. The van der Waals surface area contributed by atoms with E-state index in [1.54, 1.807) is 0 Å². The van der Waals surface area contributed by atoms with Gasteiger partial charge in [0.1, 0.15) is 5.75 Å². The maximum atomic E-state index is 13.3. The van der Waals surface area contributed by atoms with E-state index in [0.717, 1.165) is 19.3 Å². The van der Waals surface area contributed by atoms with Crippen molar-refractivity contribution >= 4 is 5.91 Å². The van der Waals surface area contributed by atoms with Crippen LogP contribution in [0.3, 0.4) is 0 Å². The van der Waals surface area contributed by atoms with Gasteiger partial charge in [0.25, 0.3) is 5.91 Å². The molecular weight excluding hydrogens is 354 g/mol. The zero-order chi connectivity index (χ0) is 19.3. The second-order valence-corrected chi connectivity index (χ2v) is 7.58. The van der Waals surface area contributed by atoms with Gasteiger partial charge in [-0.25, -0.2) is 0 Å². The largest absolute Gasteiger partial charge is 0.492 e. The van der Waals surface area contributed by atoms with Crippen LogP contribution in [0.1, 0.15) is 28.8 Å². The lowest BCUT2D eigenvalue weighted by atomic mass is 10.1. The molecule has 2 aromatic carbocycles. The van der Waals surface area contributed by atoms with Gasteiger partial charge >= 0.3 is 0 Å². The Morgan fingerprint density at radius 2 is 1.89 bits per heavy atom. The number of carbonyl (C=O) groups is 1. The van der Waals surface area contributed by atoms with Crippen LogP contribution in [0.15, 0.2) is 54.6 Å². The van der Waals surface area contributed by atoms with Gasteiger partial charge in [0.2, 0.25) is 0 Å². The summed E-state index contributed by atoms with van der Waals surface area (Å²) in [6.07, 6.45) is 2.44. The van der Waals surface area contributed by atoms with Gasteiger partial charge in [-0.15, -0.1) is 0 Å². The molecular formula is C23H27NO4. The molecule has 2 fully saturated rings. The SMILES string of the molecule is O=C(c1ccccc1OCCc1ccccc1)N1CCO[C@H]2C[C@H](CO)C[C@@H]21. The Kier molecular flexibility index (Phi) is 5.93. The topological polar surface area (TPSA) is 59.0 Å². The fourth-order valence-electron chi connectivity index (χ4n) is 4.30. The van der Waals surface area contributed by atoms with Gasteiger partial charge in [-0.1, -0.05) is 42.5 Å². The second-order valence-electron chi connectivity index (χ2n) is 7.58. The van der Waals surface area contributed by atoms with E-state index in [9.17, 15) is 9.90 Å². The normalized spacial score (nSPS) is 24.0. The molecule has 1 saturated carbocycles. The highest BCUT2D eigenvalue weighted by Gasteiger charge is 2.43. The monoisotopic (exact) mass is 381 g/mol. The molecule has 0 bridgehead atoms. The van der Waals surface area contributed by atoms with Crippen LogP contribution in [0.4, 0.5) is 0 Å². The molecule has 0 aromatic heterocycles. The lowest BCUT2D eigenvalue weighted by Gasteiger charge is -2.37. The summed E-state index contributed by atoms with van der Waals surface area (Å²) in [5, 5.41) is 9.51. The number of rotatable bonds is 6. The summed E-state index contributed by atoms with van der Waals surface area (Å²) in [5.74, 6) is 0.830. The third kappa shape index (κ3) is 4.05. The van der Waals surface area contributed by atoms with Crippen LogP contribution in [0.25, 0.3) is 0 Å². The van der Waals surface area contributed by atoms with Crippen LogP contribution in [-0.4, -0.2) is 54.4 Å². The first-order valence-corrected chi connectivity index (χ1v) is 10.1. The number of fused-ring (bicyclic) bond motifs is 1. The summed E-state index contributed by atoms with van der Waals surface area (Å²) < 4.78 is 11.8. The first-order chi connectivity index (χ1) is 13.8. The van der Waals surface area contributed by atoms with E-state index in [1.807, 2.05) is 47.4 Å². The molecule has 2 aromatic rings. The van der Waals surface area contributed by atoms with Crippen molar-refractivity contribution in [3.05, 3.63) is 65.7 Å². The third-order valence-electron chi connectivity index (χ3n) is 5.76. The molecule has 5 nitrogen and oxygen atoms in total. The molecule has 0 spiro atoms. The number of amides is 1. The van der Waals surface area contributed by atoms with E-state index in [4.69, 9.17) is 9.47 Å². The average molecular weight is 381 g/mol. The van der Waals surface area contributed by atoms with E-state index >= 15 is 0 Å². The Balaban J connectivity index is 1.45. The highest BCUT2D eigenvalue weighted by molar-refractivity contribution is 5.97. The van der Waals surface area contributed by atoms with Crippen molar-refractivity contribution in [3.63, 3.8) is 0 Å². The maximum Gasteiger partial charge on any atom is 0.258 e. The fourth-order valence-corrected chi connectivity index (χ4v) is 4.30. The van der Waals surface area contributed by atoms with E-state index in [0.29, 0.717) is 31.1 Å². The van der Waals surface area contributed by atoms with Crippen LogP contribution < -0.4 is 4.74 Å². The van der Waals surface area contributed by atoms with Gasteiger partial charge in [-0.2, -0.15) is 0 Å². The van der Waals surface area contributed by atoms with Crippen molar-refractivity contribution in [1.82, 2.24) is 4.90 Å². The lowest BCUT2D eigenvalue weighted by molar-refractivity contribution is -0.0449. The van der Waals surface area contributed by atoms with Crippen molar-refractivity contribution in [2.45, 2.75) is 31.4 Å². The van der Waals surface area contributed by atoms with Crippen molar-refractivity contribution in [1.29, 1.82) is 0 Å². The number of aliphatic hydroxyl groups is 1. The molecule has 1 saturated heterocycles. The summed E-state index contributed by atoms with van der Waals surface area (Å²) in [6, 6.07) is 17.7. The Labute approximate surface area is 165 Å². The average Bonchev–Trinajstić information content (AvgIpc) is 3.18. The van der Waals surface area contributed by atoms with E-state index in [-0.39, 0.29) is 30.6 Å². The number of hydrogen-bond acceptors (Lipinski definition) is 4. The molecule has 2 aliphatic rings. The summed E-state index contributed by atoms with van der Waals surface area (Å²) in [4.78, 5) is 15.2. The first kappa shape index (κ1) is 19.0. The van der Waals surface area contributed by atoms with Gasteiger partial charge in [-0.05, 0) is 36.5 Å². The molecule has 0 radical (unpaired) electrons. The number of hydrogen-bond donors (Lipinski definition) is 1. The number of para-hydroxylation sites is 1. The summed E-state index contributed by atoms with van der Waals surface area (Å²) >= 11 is 0. The fraction of sp³-hybridized carbons (Fsp3) is 0.435. The summed E-state index contributed by atoms with van der Waals surface area (Å²) in [7, 11) is 0. The molecule has 1 aliphatic heterocycles. The van der Waals surface area contributed by atoms with Crippen LogP contribution in [-0.2, 0) is 11.2 Å². The summed E-state index contributed by atoms with van der Waals surface area (Å²) in [5.41, 5.74) is 1.81. The summed E-state index contributed by atoms with van der Waals surface area (Å²) in [6.45, 7) is 1.80. The maximum absolute atomic E-state index is 13.3. The predicted octanol–water partition coefficient (Wildman–Crippen LogP) is 2.92. The number of aliphatic hydroxyl groups excluding tert-OH is 1. The highest BCUT2D eigenvalue weighted by Crippen LogP contribution is 2.35. The Morgan fingerprint density at radius 3 is 2.71 bits per heavy atom. The van der Waals surface area contributed by atoms with Crippen molar-refractivity contribution < 1.29 is 19.4 Å². The quantitative estimate of drug-likeness (QED) is 0.836. The Bertz CT molecular complexity index is 794. The molecule has 28 heavy (non-hydrogen) atoms. The molecule has 4 rings (SSSR count). The minimum absolute atomic E-state index is 0.00722. The molecule has 1 amide bonds. The highest BCUT2D eigenvalue weighted by atomic mass is 16.5. The van der Waals surface area contributed by atoms with E-state index in [2.05, 4.69) is 12.1 Å². The number of benzene rings is 2. The molecule has 5 heteroatoms. The van der Waals surface area contributed by atoms with Crippen molar-refractivity contribution in [3.8, 4) is 5.75 Å². The van der Waals surface area contributed by atoms with E-state index < -0.39 is 0 Å². The van der Waals surface area contributed by atoms with E-state index in [1.165, 1.54) is 5.56 Å². The van der Waals surface area contributed by atoms with Crippen LogP contribution >= 0.6 is 0 Å². The minimum Gasteiger partial charge on any atom is -0.492 e. The third-order valence-corrected chi connectivity index (χ3v) is 5.76. The Morgan fingerprint density at radius 1 is 1.11 bits per heavy atom. The lowest BCUT2D eigenvalue weighted by Crippen LogP contribution is -2.51. The van der Waals surface area contributed by atoms with Gasteiger partial charge in [0.05, 0.1) is 30.9 Å². The van der Waals surface area contributed by atoms with Gasteiger partial charge in [0.15, 0.2) is 0 Å². The molecule has 1 aliphatic carbocycles. The Hall–Kier alpha value is -2.37. The molecule has 1 heterocycles. The second kappa shape index (κ2) is 8.76.